The normalized spacial score (nSPS) is 14.2. The molecule has 1 aromatic heterocycles. The molecule has 8 heteroatoms. The molecular formula is C24H25N5O3. The smallest absolute Gasteiger partial charge is 0.293 e. The molecule has 1 saturated heterocycles. The van der Waals surface area contributed by atoms with E-state index in [1.54, 1.807) is 24.4 Å². The van der Waals surface area contributed by atoms with E-state index in [9.17, 15) is 14.9 Å². The van der Waals surface area contributed by atoms with Crippen molar-refractivity contribution < 1.29 is 9.72 Å². The van der Waals surface area contributed by atoms with Crippen LogP contribution < -0.4 is 10.2 Å². The predicted molar refractivity (Wildman–Crippen MR) is 122 cm³/mol. The van der Waals surface area contributed by atoms with E-state index < -0.39 is 4.92 Å². The Hall–Kier alpha value is -3.78. The molecule has 2 aromatic carbocycles. The number of nitrogens with zero attached hydrogens (tertiary/aromatic N) is 4. The number of hydrogen-bond donors (Lipinski definition) is 1. The first-order valence-corrected chi connectivity index (χ1v) is 10.6. The van der Waals surface area contributed by atoms with Crippen molar-refractivity contribution in [3.8, 4) is 0 Å². The Kier molecular flexibility index (Phi) is 6.72. The van der Waals surface area contributed by atoms with Gasteiger partial charge in [-0.1, -0.05) is 36.4 Å². The number of anilines is 1. The molecule has 1 aliphatic rings. The molecular weight excluding hydrogens is 406 g/mol. The van der Waals surface area contributed by atoms with Gasteiger partial charge >= 0.3 is 0 Å². The Balaban J connectivity index is 1.41. The SMILES string of the molecule is O=C(NCc1ccccn1)c1ccc(N2CCN(Cc3ccccc3)CC2)c([N+](=O)[O-])c1. The Bertz CT molecular complexity index is 1070. The van der Waals surface area contributed by atoms with Crippen LogP contribution in [0.15, 0.2) is 72.9 Å². The summed E-state index contributed by atoms with van der Waals surface area (Å²) < 4.78 is 0. The number of aromatic nitrogens is 1. The van der Waals surface area contributed by atoms with E-state index in [1.165, 1.54) is 11.6 Å². The molecule has 0 unspecified atom stereocenters. The van der Waals surface area contributed by atoms with Crippen molar-refractivity contribution in [2.75, 3.05) is 31.1 Å². The van der Waals surface area contributed by atoms with Gasteiger partial charge in [0.15, 0.2) is 0 Å². The second kappa shape index (κ2) is 10.0. The van der Waals surface area contributed by atoms with Crippen LogP contribution in [-0.4, -0.2) is 46.9 Å². The third-order valence-electron chi connectivity index (χ3n) is 5.55. The molecule has 164 valence electrons. The molecule has 3 aromatic rings. The van der Waals surface area contributed by atoms with Crippen LogP contribution in [0, 0.1) is 10.1 Å². The summed E-state index contributed by atoms with van der Waals surface area (Å²) in [5.41, 5.74) is 2.75. The van der Waals surface area contributed by atoms with Gasteiger partial charge in [-0.05, 0) is 29.8 Å². The van der Waals surface area contributed by atoms with Crippen LogP contribution in [0.5, 0.6) is 0 Å². The van der Waals surface area contributed by atoms with Gasteiger partial charge in [-0.2, -0.15) is 0 Å². The number of benzene rings is 2. The van der Waals surface area contributed by atoms with Crippen LogP contribution in [-0.2, 0) is 13.1 Å². The minimum atomic E-state index is -0.415. The number of piperazine rings is 1. The third-order valence-corrected chi connectivity index (χ3v) is 5.55. The van der Waals surface area contributed by atoms with Gasteiger partial charge in [-0.25, -0.2) is 0 Å². The number of nitro groups is 1. The molecule has 0 saturated carbocycles. The summed E-state index contributed by atoms with van der Waals surface area (Å²) in [4.78, 5) is 32.4. The number of nitro benzene ring substituents is 1. The summed E-state index contributed by atoms with van der Waals surface area (Å²) in [7, 11) is 0. The number of hydrogen-bond acceptors (Lipinski definition) is 6. The highest BCUT2D eigenvalue weighted by Gasteiger charge is 2.25. The largest absolute Gasteiger partial charge is 0.363 e. The molecule has 0 spiro atoms. The van der Waals surface area contributed by atoms with E-state index >= 15 is 0 Å². The van der Waals surface area contributed by atoms with E-state index in [0.717, 1.165) is 25.3 Å². The van der Waals surface area contributed by atoms with E-state index in [-0.39, 0.29) is 23.7 Å². The highest BCUT2D eigenvalue weighted by atomic mass is 16.6. The first kappa shape index (κ1) is 21.5. The monoisotopic (exact) mass is 431 g/mol. The van der Waals surface area contributed by atoms with Crippen molar-refractivity contribution in [2.45, 2.75) is 13.1 Å². The number of carbonyl (C=O) groups is 1. The lowest BCUT2D eigenvalue weighted by atomic mass is 10.1. The Morgan fingerprint density at radius 1 is 1.00 bits per heavy atom. The number of pyridine rings is 1. The van der Waals surface area contributed by atoms with Crippen LogP contribution in [0.25, 0.3) is 0 Å². The Morgan fingerprint density at radius 2 is 1.75 bits per heavy atom. The maximum absolute atomic E-state index is 12.5. The number of nitrogens with one attached hydrogen (secondary N) is 1. The standard InChI is InChI=1S/C24H25N5O3/c30-24(26-17-21-8-4-5-11-25-21)20-9-10-22(23(16-20)29(31)32)28-14-12-27(13-15-28)18-19-6-2-1-3-7-19/h1-11,16H,12-15,17-18H2,(H,26,30). The molecule has 1 fully saturated rings. The molecule has 2 heterocycles. The van der Waals surface area contributed by atoms with Crippen LogP contribution in [0.4, 0.5) is 11.4 Å². The highest BCUT2D eigenvalue weighted by Crippen LogP contribution is 2.30. The quantitative estimate of drug-likeness (QED) is 0.456. The summed E-state index contributed by atoms with van der Waals surface area (Å²) >= 11 is 0. The maximum Gasteiger partial charge on any atom is 0.293 e. The van der Waals surface area contributed by atoms with Crippen LogP contribution in [0.1, 0.15) is 21.6 Å². The van der Waals surface area contributed by atoms with Crippen molar-refractivity contribution in [2.24, 2.45) is 0 Å². The molecule has 1 aliphatic heterocycles. The zero-order valence-corrected chi connectivity index (χ0v) is 17.7. The van der Waals surface area contributed by atoms with Crippen LogP contribution >= 0.6 is 0 Å². The first-order chi connectivity index (χ1) is 15.6. The van der Waals surface area contributed by atoms with Gasteiger partial charge in [0.25, 0.3) is 11.6 Å². The molecule has 0 radical (unpaired) electrons. The first-order valence-electron chi connectivity index (χ1n) is 10.6. The number of amides is 1. The fourth-order valence-corrected chi connectivity index (χ4v) is 3.84. The highest BCUT2D eigenvalue weighted by molar-refractivity contribution is 5.95. The van der Waals surface area contributed by atoms with E-state index in [2.05, 4.69) is 27.3 Å². The average Bonchev–Trinajstić information content (AvgIpc) is 2.84. The summed E-state index contributed by atoms with van der Waals surface area (Å²) in [6.07, 6.45) is 1.65. The lowest BCUT2D eigenvalue weighted by molar-refractivity contribution is -0.384. The number of rotatable bonds is 7. The van der Waals surface area contributed by atoms with Gasteiger partial charge in [0, 0.05) is 50.6 Å². The summed E-state index contributed by atoms with van der Waals surface area (Å²) in [5.74, 6) is -0.363. The van der Waals surface area contributed by atoms with Gasteiger partial charge in [0.2, 0.25) is 0 Å². The fourth-order valence-electron chi connectivity index (χ4n) is 3.84. The van der Waals surface area contributed by atoms with Gasteiger partial charge in [-0.3, -0.25) is 24.8 Å². The van der Waals surface area contributed by atoms with Crippen molar-refractivity contribution in [1.82, 2.24) is 15.2 Å². The minimum Gasteiger partial charge on any atom is -0.363 e. The zero-order valence-electron chi connectivity index (χ0n) is 17.7. The predicted octanol–water partition coefficient (Wildman–Crippen LogP) is 3.24. The lowest BCUT2D eigenvalue weighted by Crippen LogP contribution is -2.46. The second-order valence-corrected chi connectivity index (χ2v) is 7.71. The van der Waals surface area contributed by atoms with Crippen molar-refractivity contribution in [3.63, 3.8) is 0 Å². The van der Waals surface area contributed by atoms with Crippen molar-refractivity contribution in [1.29, 1.82) is 0 Å². The van der Waals surface area contributed by atoms with Gasteiger partial charge in [0.05, 0.1) is 17.2 Å². The molecule has 0 bridgehead atoms. The molecule has 0 atom stereocenters. The maximum atomic E-state index is 12.5. The molecule has 8 nitrogen and oxygen atoms in total. The lowest BCUT2D eigenvalue weighted by Gasteiger charge is -2.35. The van der Waals surface area contributed by atoms with Gasteiger partial charge in [-0.15, -0.1) is 0 Å². The molecule has 4 rings (SSSR count). The van der Waals surface area contributed by atoms with E-state index in [1.807, 2.05) is 35.2 Å². The van der Waals surface area contributed by atoms with Crippen molar-refractivity contribution in [3.05, 3.63) is 99.9 Å². The molecule has 0 aliphatic carbocycles. The molecule has 1 N–H and O–H groups in total. The van der Waals surface area contributed by atoms with E-state index in [0.29, 0.717) is 18.8 Å². The topological polar surface area (TPSA) is 91.6 Å². The fraction of sp³-hybridized carbons (Fsp3) is 0.250. The van der Waals surface area contributed by atoms with Crippen molar-refractivity contribution >= 4 is 17.3 Å². The van der Waals surface area contributed by atoms with Crippen LogP contribution in [0.2, 0.25) is 0 Å². The Morgan fingerprint density at radius 3 is 2.44 bits per heavy atom. The second-order valence-electron chi connectivity index (χ2n) is 7.71. The van der Waals surface area contributed by atoms with Gasteiger partial charge < -0.3 is 10.2 Å². The zero-order chi connectivity index (χ0) is 22.3. The molecule has 32 heavy (non-hydrogen) atoms. The summed E-state index contributed by atoms with van der Waals surface area (Å²) in [5, 5.41) is 14.5. The number of carbonyl (C=O) groups excluding carboxylic acids is 1. The minimum absolute atomic E-state index is 0.0491. The van der Waals surface area contributed by atoms with Gasteiger partial charge in [0.1, 0.15) is 5.69 Å². The Labute approximate surface area is 186 Å². The van der Waals surface area contributed by atoms with Crippen LogP contribution in [0.3, 0.4) is 0 Å². The summed E-state index contributed by atoms with van der Waals surface area (Å²) in [6.45, 7) is 4.15. The van der Waals surface area contributed by atoms with E-state index in [4.69, 9.17) is 0 Å². The molecule has 1 amide bonds. The third kappa shape index (κ3) is 5.28. The summed E-state index contributed by atoms with van der Waals surface area (Å²) in [6, 6.07) is 20.4. The average molecular weight is 431 g/mol.